The molecule has 3 aromatic heterocycles. The summed E-state index contributed by atoms with van der Waals surface area (Å²) < 4.78 is 35.5. The highest BCUT2D eigenvalue weighted by Crippen LogP contribution is 2.45. The SMILES string of the molecule is CC(=O)O[C@@H]1C[C@@H](OC(C)=O)[C@@H](C)O[C@H]1[C@]1(C)C(=O)c2cc3cc(C)c(cc4nc(cc5[nH]c(cc1n2)cc5C)C(=O)[C@@]4(C)[C@@H]1O[C@H](C)[C@H](OC(C)=O)C[C@H]1OC(C)=O)[nH]3. The van der Waals surface area contributed by atoms with E-state index in [0.717, 1.165) is 11.1 Å². The molecule has 7 rings (SSSR count). The van der Waals surface area contributed by atoms with Crippen LogP contribution in [0.25, 0.3) is 22.1 Å². The van der Waals surface area contributed by atoms with Gasteiger partial charge in [0, 0.05) is 62.6 Å². The Morgan fingerprint density at radius 1 is 0.583 bits per heavy atom. The van der Waals surface area contributed by atoms with E-state index in [1.807, 2.05) is 26.0 Å². The molecule has 0 amide bonds. The minimum atomic E-state index is -1.48. The highest BCUT2D eigenvalue weighted by molar-refractivity contribution is 6.07. The summed E-state index contributed by atoms with van der Waals surface area (Å²) in [4.78, 5) is 95.0. The molecule has 318 valence electrons. The minimum absolute atomic E-state index is 0.100. The number of hydrogen-bond acceptors (Lipinski definition) is 14. The van der Waals surface area contributed by atoms with E-state index in [9.17, 15) is 28.8 Å². The molecule has 2 fully saturated rings. The maximum atomic E-state index is 14.9. The summed E-state index contributed by atoms with van der Waals surface area (Å²) in [6, 6.07) is 10.4. The number of aromatic amines is 2. The highest BCUT2D eigenvalue weighted by atomic mass is 16.6. The Morgan fingerprint density at radius 2 is 0.950 bits per heavy atom. The van der Waals surface area contributed by atoms with E-state index in [1.165, 1.54) is 27.7 Å². The van der Waals surface area contributed by atoms with Crippen molar-refractivity contribution in [2.75, 3.05) is 0 Å². The number of nitrogens with zero attached hydrogens (tertiary/aromatic N) is 2. The Balaban J connectivity index is 1.41. The number of ether oxygens (including phenoxy) is 6. The molecule has 16 heteroatoms. The van der Waals surface area contributed by atoms with Gasteiger partial charge >= 0.3 is 23.9 Å². The molecule has 4 aliphatic rings. The average Bonchev–Trinajstić information content (AvgIpc) is 3.82. The number of esters is 4. The second kappa shape index (κ2) is 15.7. The second-order valence-electron chi connectivity index (χ2n) is 16.6. The van der Waals surface area contributed by atoms with Crippen molar-refractivity contribution in [3.05, 3.63) is 70.3 Å². The summed E-state index contributed by atoms with van der Waals surface area (Å²) in [6.07, 6.45) is -6.53. The molecule has 0 unspecified atom stereocenters. The zero-order valence-corrected chi connectivity index (χ0v) is 35.3. The Morgan fingerprint density at radius 3 is 1.38 bits per heavy atom. The van der Waals surface area contributed by atoms with Crippen LogP contribution in [0, 0.1) is 13.8 Å². The molecular weight excluding hydrogens is 777 g/mol. The van der Waals surface area contributed by atoms with Gasteiger partial charge in [0.15, 0.2) is 11.6 Å². The first kappa shape index (κ1) is 42.4. The quantitative estimate of drug-likeness (QED) is 0.239. The van der Waals surface area contributed by atoms with Crippen LogP contribution in [-0.2, 0) is 58.4 Å². The van der Waals surface area contributed by atoms with Gasteiger partial charge in [-0.25, -0.2) is 9.97 Å². The number of ketones is 2. The average molecular weight is 827 g/mol. The molecular formula is C44H50N4O12. The summed E-state index contributed by atoms with van der Waals surface area (Å²) in [5.74, 6) is -2.97. The Labute approximate surface area is 346 Å². The van der Waals surface area contributed by atoms with E-state index in [0.29, 0.717) is 33.5 Å². The van der Waals surface area contributed by atoms with Crippen molar-refractivity contribution in [3.63, 3.8) is 0 Å². The summed E-state index contributed by atoms with van der Waals surface area (Å²) in [6.45, 7) is 15.7. The normalized spacial score (nSPS) is 30.4. The first-order valence-electron chi connectivity index (χ1n) is 20.0. The van der Waals surface area contributed by atoms with Crippen LogP contribution in [-0.4, -0.2) is 104 Å². The second-order valence-corrected chi connectivity index (χ2v) is 16.6. The van der Waals surface area contributed by atoms with Gasteiger partial charge < -0.3 is 38.4 Å². The molecule has 16 nitrogen and oxygen atoms in total. The number of fused-ring (bicyclic) bond motifs is 8. The minimum Gasteiger partial charge on any atom is -0.460 e. The smallest absolute Gasteiger partial charge is 0.302 e. The van der Waals surface area contributed by atoms with Crippen LogP contribution >= 0.6 is 0 Å². The summed E-state index contributed by atoms with van der Waals surface area (Å²) in [5.41, 5.74) is 1.66. The molecule has 2 N–H and O–H groups in total. The molecule has 60 heavy (non-hydrogen) atoms. The molecule has 0 radical (unpaired) electrons. The fourth-order valence-corrected chi connectivity index (χ4v) is 8.97. The molecule has 8 bridgehead atoms. The van der Waals surface area contributed by atoms with Crippen molar-refractivity contribution in [2.24, 2.45) is 0 Å². The van der Waals surface area contributed by atoms with Crippen LogP contribution < -0.4 is 0 Å². The van der Waals surface area contributed by atoms with Crippen molar-refractivity contribution in [1.82, 2.24) is 19.9 Å². The maximum absolute atomic E-state index is 14.9. The number of hydrogen-bond donors (Lipinski definition) is 2. The third-order valence-electron chi connectivity index (χ3n) is 12.0. The number of carbonyl (C=O) groups is 6. The van der Waals surface area contributed by atoms with Gasteiger partial charge in [0.1, 0.15) is 58.8 Å². The fourth-order valence-electron chi connectivity index (χ4n) is 8.97. The monoisotopic (exact) mass is 826 g/mol. The largest absolute Gasteiger partial charge is 0.460 e. The Bertz CT molecular complexity index is 2470. The Hall–Kier alpha value is -5.74. The third kappa shape index (κ3) is 7.62. The Kier molecular flexibility index (Phi) is 11.1. The van der Waals surface area contributed by atoms with Gasteiger partial charge in [-0.1, -0.05) is 0 Å². The molecule has 10 atom stereocenters. The highest BCUT2D eigenvalue weighted by Gasteiger charge is 2.58. The lowest BCUT2D eigenvalue weighted by molar-refractivity contribution is -0.208. The van der Waals surface area contributed by atoms with Gasteiger partial charge in [0.25, 0.3) is 0 Å². The van der Waals surface area contributed by atoms with Crippen molar-refractivity contribution < 1.29 is 57.2 Å². The van der Waals surface area contributed by atoms with E-state index in [-0.39, 0.29) is 35.8 Å². The molecule has 0 aliphatic carbocycles. The summed E-state index contributed by atoms with van der Waals surface area (Å²) in [5, 5.41) is 0. The lowest BCUT2D eigenvalue weighted by Gasteiger charge is -2.44. The number of carbonyl (C=O) groups excluding carboxylic acids is 6. The predicted molar refractivity (Wildman–Crippen MR) is 214 cm³/mol. The van der Waals surface area contributed by atoms with Gasteiger partial charge in [-0.05, 0) is 89.1 Å². The molecule has 4 aliphatic heterocycles. The molecule has 0 saturated carbocycles. The zero-order valence-electron chi connectivity index (χ0n) is 35.3. The third-order valence-corrected chi connectivity index (χ3v) is 12.0. The summed E-state index contributed by atoms with van der Waals surface area (Å²) in [7, 11) is 0. The van der Waals surface area contributed by atoms with Gasteiger partial charge in [0.2, 0.25) is 0 Å². The number of rotatable bonds is 6. The lowest BCUT2D eigenvalue weighted by atomic mass is 9.73. The van der Waals surface area contributed by atoms with Crippen LogP contribution in [0.15, 0.2) is 36.4 Å². The maximum Gasteiger partial charge on any atom is 0.302 e. The lowest BCUT2D eigenvalue weighted by Crippen LogP contribution is -2.58. The van der Waals surface area contributed by atoms with Crippen molar-refractivity contribution in [3.8, 4) is 0 Å². The van der Waals surface area contributed by atoms with Gasteiger partial charge in [0.05, 0.1) is 23.6 Å². The van der Waals surface area contributed by atoms with Crippen LogP contribution in [0.5, 0.6) is 0 Å². The molecule has 7 heterocycles. The van der Waals surface area contributed by atoms with Crippen molar-refractivity contribution in [1.29, 1.82) is 0 Å². The van der Waals surface area contributed by atoms with E-state index in [4.69, 9.17) is 38.4 Å². The van der Waals surface area contributed by atoms with Crippen LogP contribution in [0.1, 0.15) is 112 Å². The van der Waals surface area contributed by atoms with Crippen LogP contribution in [0.2, 0.25) is 0 Å². The zero-order chi connectivity index (χ0) is 43.6. The summed E-state index contributed by atoms with van der Waals surface area (Å²) >= 11 is 0. The number of aromatic nitrogens is 4. The molecule has 0 spiro atoms. The van der Waals surface area contributed by atoms with E-state index in [2.05, 4.69) is 9.97 Å². The first-order valence-corrected chi connectivity index (χ1v) is 20.0. The van der Waals surface area contributed by atoms with Gasteiger partial charge in [-0.15, -0.1) is 0 Å². The van der Waals surface area contributed by atoms with Gasteiger partial charge in [-0.3, -0.25) is 28.8 Å². The fraction of sp³-hybridized carbons (Fsp3) is 0.500. The topological polar surface area (TPSA) is 215 Å². The van der Waals surface area contributed by atoms with E-state index < -0.39 is 83.5 Å². The predicted octanol–water partition coefficient (Wildman–Crippen LogP) is 5.29. The van der Waals surface area contributed by atoms with E-state index >= 15 is 0 Å². The first-order chi connectivity index (χ1) is 28.2. The van der Waals surface area contributed by atoms with Crippen LogP contribution in [0.4, 0.5) is 0 Å². The van der Waals surface area contributed by atoms with Crippen LogP contribution in [0.3, 0.4) is 0 Å². The molecule has 0 aromatic carbocycles. The number of Topliss-reactive ketones (excluding diaryl/α,β-unsaturated/α-hetero) is 2. The van der Waals surface area contributed by atoms with Crippen molar-refractivity contribution >= 4 is 57.5 Å². The molecule has 2 saturated heterocycles. The number of H-pyrrole nitrogens is 2. The molecule has 3 aromatic rings. The number of aryl methyl sites for hydroxylation is 2. The van der Waals surface area contributed by atoms with Crippen molar-refractivity contribution in [2.45, 2.75) is 142 Å². The van der Waals surface area contributed by atoms with E-state index in [1.54, 1.807) is 52.0 Å². The standard InChI is InChI=1S/C44H50N4O12/c1-19-12-28-14-37-43(9,41-35(59-25(7)51)17-33(21(3)55-41)57-23(5)49)39(53)31(47-37)13-27-11-20(2)30(45-27)16-38-44(10,40(54)32(48-38)15-29(19)46-28)42-36(60-26(8)52)18-34(22(4)56-42)58-24(6)50/h11-16,21-22,33-36,41-42,45-46H,17-18H2,1-10H3/t21-,22-,33-,34-,35-,36-,41-,42-,43+,44+/m1/s1. The van der Waals surface area contributed by atoms with Gasteiger partial charge in [-0.2, -0.15) is 0 Å². The number of nitrogens with one attached hydrogen (secondary N) is 2.